The van der Waals surface area contributed by atoms with E-state index in [0.717, 1.165) is 17.0 Å². The fourth-order valence-corrected chi connectivity index (χ4v) is 34.2. The predicted octanol–water partition coefficient (Wildman–Crippen LogP) is 13.8. The Balaban J connectivity index is 0.00000252. The van der Waals surface area contributed by atoms with Gasteiger partial charge in [-0.3, -0.25) is 0 Å². The van der Waals surface area contributed by atoms with Crippen LogP contribution in [0.4, 0.5) is 0 Å². The predicted molar refractivity (Wildman–Crippen MR) is 227 cm³/mol. The van der Waals surface area contributed by atoms with Crippen molar-refractivity contribution in [1.29, 1.82) is 0 Å². The molecule has 1 saturated carbocycles. The number of hydrogen-bond acceptors (Lipinski definition) is 0. The van der Waals surface area contributed by atoms with Gasteiger partial charge in [0.1, 0.15) is 0 Å². The fraction of sp³-hybridized carbons (Fsp3) is 0.521. The van der Waals surface area contributed by atoms with Crippen LogP contribution >= 0.6 is 24.8 Å². The van der Waals surface area contributed by atoms with Crippen LogP contribution in [0.1, 0.15) is 114 Å². The first-order chi connectivity index (χ1) is 22.7. The molecule has 0 aliphatic heterocycles. The Morgan fingerprint density at radius 1 is 0.824 bits per heavy atom. The van der Waals surface area contributed by atoms with Crippen molar-refractivity contribution in [3.63, 3.8) is 0 Å². The van der Waals surface area contributed by atoms with E-state index in [4.69, 9.17) is 4.21 Å². The van der Waals surface area contributed by atoms with Gasteiger partial charge in [0.25, 0.3) is 0 Å². The Morgan fingerprint density at radius 2 is 1.43 bits per heavy atom. The molecule has 0 spiro atoms. The Morgan fingerprint density at radius 3 is 2.02 bits per heavy atom. The molecule has 3 heteroatoms. The second-order valence-corrected chi connectivity index (χ2v) is 35.2. The van der Waals surface area contributed by atoms with E-state index in [1.165, 1.54) is 23.1 Å². The molecule has 0 aromatic heterocycles. The molecule has 7 rings (SSSR count). The minimum absolute atomic E-state index is 0. The summed E-state index contributed by atoms with van der Waals surface area (Å²) in [6.07, 6.45) is 13.8. The first-order valence-electron chi connectivity index (χ1n) is 19.4. The Hall–Kier alpha value is -1.53. The van der Waals surface area contributed by atoms with Gasteiger partial charge in [0.15, 0.2) is 0 Å². The van der Waals surface area contributed by atoms with Gasteiger partial charge < -0.3 is 0 Å². The second-order valence-electron chi connectivity index (χ2n) is 19.9. The van der Waals surface area contributed by atoms with Crippen LogP contribution in [0, 0.1) is 38.9 Å². The summed E-state index contributed by atoms with van der Waals surface area (Å²) in [6.45, 7) is 33.9. The summed E-state index contributed by atoms with van der Waals surface area (Å²) in [5.41, 5.74) is 11.1. The molecule has 4 unspecified atom stereocenters. The first kappa shape index (κ1) is 40.7. The third kappa shape index (κ3) is 4.50. The number of fused-ring (bicyclic) bond motifs is 6. The van der Waals surface area contributed by atoms with E-state index < -0.39 is 18.3 Å². The van der Waals surface area contributed by atoms with Gasteiger partial charge in [0, 0.05) is 0 Å². The Bertz CT molecular complexity index is 1990. The summed E-state index contributed by atoms with van der Waals surface area (Å²) in [4.78, 5) is 0. The van der Waals surface area contributed by atoms with Crippen molar-refractivity contribution in [3.05, 3.63) is 116 Å². The van der Waals surface area contributed by atoms with Crippen LogP contribution in [0.5, 0.6) is 0 Å². The third-order valence-corrected chi connectivity index (χ3v) is 38.5. The van der Waals surface area contributed by atoms with Crippen LogP contribution in [-0.2, 0) is 24.7 Å². The summed E-state index contributed by atoms with van der Waals surface area (Å²) in [6, 6.07) is 21.3. The molecule has 0 radical (unpaired) electrons. The van der Waals surface area contributed by atoms with E-state index in [1.807, 2.05) is 0 Å². The average molecular weight is 805 g/mol. The first-order valence-corrected chi connectivity index (χ1v) is 26.6. The third-order valence-electron chi connectivity index (χ3n) is 17.5. The average Bonchev–Trinajstić information content (AvgIpc) is 3.65. The maximum atomic E-state index is 6.08. The molecule has 0 saturated heterocycles. The van der Waals surface area contributed by atoms with Gasteiger partial charge in [-0.05, 0) is 0 Å². The van der Waals surface area contributed by atoms with Crippen molar-refractivity contribution in [1.82, 2.24) is 0 Å². The molecule has 5 aliphatic carbocycles. The molecule has 1 fully saturated rings. The molecule has 5 aliphatic rings. The monoisotopic (exact) mass is 802 g/mol. The van der Waals surface area contributed by atoms with E-state index in [1.54, 1.807) is 28.8 Å². The van der Waals surface area contributed by atoms with E-state index in [9.17, 15) is 0 Å². The molecule has 4 atom stereocenters. The molecule has 0 amide bonds. The molecule has 51 heavy (non-hydrogen) atoms. The second kappa shape index (κ2) is 12.2. The van der Waals surface area contributed by atoms with Crippen molar-refractivity contribution in [3.8, 4) is 0 Å². The zero-order valence-electron chi connectivity index (χ0n) is 34.0. The Kier molecular flexibility index (Phi) is 9.76. The molecule has 0 nitrogen and oxygen atoms in total. The summed E-state index contributed by atoms with van der Waals surface area (Å²) in [5.74, 6) is 0.841. The van der Waals surface area contributed by atoms with Crippen LogP contribution in [-0.4, -0.2) is 4.21 Å². The quantitative estimate of drug-likeness (QED) is 0.289. The minimum atomic E-state index is -4.80. The molecule has 0 N–H and O–H groups in total. The summed E-state index contributed by atoms with van der Waals surface area (Å²) < 4.78 is 10.3. The number of rotatable bonds is 4. The van der Waals surface area contributed by atoms with Crippen LogP contribution in [0.3, 0.4) is 0 Å². The van der Waals surface area contributed by atoms with E-state index in [0.29, 0.717) is 11.8 Å². The summed E-state index contributed by atoms with van der Waals surface area (Å²) in [5, 5.41) is 0. The van der Waals surface area contributed by atoms with E-state index in [2.05, 4.69) is 169 Å². The SMILES string of the molecule is Cl.Cl.[CH2]=[Zr]([CH2]C)([C]1=CC(C(C)(C)C)=CC1C)([c]1ccccc1)[C]1(C)C2=C3Cc4ccccc4C3=C3C=CCCC3C2(C)C(C)(C)C(C)(C)C1(C)C. The maximum absolute atomic E-state index is 6.08. The van der Waals surface area contributed by atoms with E-state index >= 15 is 0 Å². The zero-order valence-corrected chi connectivity index (χ0v) is 38.1. The van der Waals surface area contributed by atoms with Gasteiger partial charge in [-0.1, -0.05) is 0 Å². The molecule has 0 heterocycles. The van der Waals surface area contributed by atoms with Crippen molar-refractivity contribution < 1.29 is 18.3 Å². The molecular weight excluding hydrogens is 739 g/mol. The van der Waals surface area contributed by atoms with Crippen LogP contribution < -0.4 is 3.27 Å². The number of halogens is 2. The Labute approximate surface area is 324 Å². The van der Waals surface area contributed by atoms with E-state index in [-0.39, 0.29) is 55.0 Å². The van der Waals surface area contributed by atoms with Crippen molar-refractivity contribution >= 4 is 37.9 Å². The van der Waals surface area contributed by atoms with Gasteiger partial charge in [-0.25, -0.2) is 0 Å². The summed E-state index contributed by atoms with van der Waals surface area (Å²) in [7, 11) is 0. The van der Waals surface area contributed by atoms with Gasteiger partial charge in [-0.2, -0.15) is 0 Å². The van der Waals surface area contributed by atoms with Gasteiger partial charge >= 0.3 is 302 Å². The summed E-state index contributed by atoms with van der Waals surface area (Å²) >= 11 is -4.80. The van der Waals surface area contributed by atoms with Gasteiger partial charge in [0.05, 0.1) is 0 Å². The van der Waals surface area contributed by atoms with Crippen LogP contribution in [0.15, 0.2) is 104 Å². The molecule has 276 valence electrons. The van der Waals surface area contributed by atoms with Crippen molar-refractivity contribution in [2.24, 2.45) is 38.9 Å². The number of benzene rings is 2. The van der Waals surface area contributed by atoms with Crippen LogP contribution in [0.25, 0.3) is 5.57 Å². The fourth-order valence-electron chi connectivity index (χ4n) is 13.2. The number of hydrogen-bond donors (Lipinski definition) is 0. The topological polar surface area (TPSA) is 0 Å². The number of allylic oxidation sites excluding steroid dienone is 10. The molecule has 2 aromatic rings. The normalized spacial score (nSPS) is 30.2. The molecule has 0 bridgehead atoms. The van der Waals surface area contributed by atoms with Crippen LogP contribution in [0.2, 0.25) is 7.25 Å². The van der Waals surface area contributed by atoms with Gasteiger partial charge in [-0.15, -0.1) is 24.8 Å². The van der Waals surface area contributed by atoms with Gasteiger partial charge in [0.2, 0.25) is 0 Å². The zero-order chi connectivity index (χ0) is 35.8. The van der Waals surface area contributed by atoms with Crippen molar-refractivity contribution in [2.75, 3.05) is 0 Å². The molecular formula is C48H66Cl2Zr. The standard InChI is InChI=1S/C29H37.C10H15.C6H5.C2H5.CH2.2ClH.Zr/c1-18-25-22-17-19-13-9-10-14-20(19)24(22)21-15-11-12-16-23(21)29(25,8)28(6,7)27(4,5)26(18,2)3;1-8-5-6-9(7-8)10(2,3)4;1-2-4-6-5-3-1;1-2;;;;/h9-11,13-15,23H,12,16-17H2,1-8H3;6-8H,1-4H3;1-5H;1H2,2H3;1H2;2*1H;. The molecule has 2 aromatic carbocycles. The van der Waals surface area contributed by atoms with Crippen molar-refractivity contribution in [2.45, 2.75) is 117 Å².